The van der Waals surface area contributed by atoms with Crippen LogP contribution in [0.3, 0.4) is 0 Å². The van der Waals surface area contributed by atoms with Gasteiger partial charge in [-0.25, -0.2) is 0 Å². The van der Waals surface area contributed by atoms with Crippen molar-refractivity contribution in [1.82, 2.24) is 5.32 Å². The quantitative estimate of drug-likeness (QED) is 0.822. The fourth-order valence-electron chi connectivity index (χ4n) is 3.75. The number of hydrogen-bond donors (Lipinski definition) is 2. The lowest BCUT2D eigenvalue weighted by Crippen LogP contribution is -2.37. The Labute approximate surface area is 117 Å². The summed E-state index contributed by atoms with van der Waals surface area (Å²) in [6, 6.07) is 0.327. The summed E-state index contributed by atoms with van der Waals surface area (Å²) in [6.45, 7) is 3.23. The zero-order chi connectivity index (χ0) is 13.7. The molecule has 2 rings (SSSR count). The van der Waals surface area contributed by atoms with Crippen LogP contribution in [0.15, 0.2) is 0 Å². The lowest BCUT2D eigenvalue weighted by molar-refractivity contribution is -0.126. The van der Waals surface area contributed by atoms with Crippen LogP contribution in [0.2, 0.25) is 0 Å². The van der Waals surface area contributed by atoms with E-state index in [-0.39, 0.29) is 11.8 Å². The van der Waals surface area contributed by atoms with Gasteiger partial charge in [-0.15, -0.1) is 0 Å². The highest BCUT2D eigenvalue weighted by Gasteiger charge is 2.24. The van der Waals surface area contributed by atoms with E-state index in [1.54, 1.807) is 0 Å². The zero-order valence-corrected chi connectivity index (χ0v) is 12.4. The van der Waals surface area contributed by atoms with Gasteiger partial charge >= 0.3 is 0 Å². The second-order valence-electron chi connectivity index (χ2n) is 6.83. The Morgan fingerprint density at radius 1 is 1.16 bits per heavy atom. The van der Waals surface area contributed by atoms with Crippen molar-refractivity contribution in [2.75, 3.05) is 6.54 Å². The Bertz CT molecular complexity index is 284. The fourth-order valence-corrected chi connectivity index (χ4v) is 3.75. The summed E-state index contributed by atoms with van der Waals surface area (Å²) in [5, 5.41) is 3.15. The maximum atomic E-state index is 12.1. The van der Waals surface area contributed by atoms with Gasteiger partial charge in [-0.3, -0.25) is 4.79 Å². The van der Waals surface area contributed by atoms with Crippen LogP contribution in [-0.2, 0) is 4.79 Å². The molecule has 19 heavy (non-hydrogen) atoms. The molecule has 2 saturated carbocycles. The molecule has 2 aliphatic carbocycles. The van der Waals surface area contributed by atoms with Crippen LogP contribution in [0.5, 0.6) is 0 Å². The number of nitrogens with one attached hydrogen (secondary N) is 1. The molecule has 2 aliphatic rings. The highest BCUT2D eigenvalue weighted by atomic mass is 16.1. The third-order valence-corrected chi connectivity index (χ3v) is 5.04. The van der Waals surface area contributed by atoms with E-state index >= 15 is 0 Å². The summed E-state index contributed by atoms with van der Waals surface area (Å²) in [5.41, 5.74) is 5.88. The summed E-state index contributed by atoms with van der Waals surface area (Å²) < 4.78 is 0. The van der Waals surface area contributed by atoms with Gasteiger partial charge in [0.15, 0.2) is 0 Å². The minimum Gasteiger partial charge on any atom is -0.356 e. The molecule has 0 aromatic heterocycles. The number of hydrogen-bond acceptors (Lipinski definition) is 2. The topological polar surface area (TPSA) is 55.1 Å². The molecule has 2 atom stereocenters. The Kier molecular flexibility index (Phi) is 5.68. The normalized spacial score (nSPS) is 35.9. The van der Waals surface area contributed by atoms with Gasteiger partial charge in [-0.2, -0.15) is 0 Å². The minimum absolute atomic E-state index is 0.227. The lowest BCUT2D eigenvalue weighted by atomic mass is 9.81. The molecular weight excluding hydrogens is 236 g/mol. The van der Waals surface area contributed by atoms with E-state index in [4.69, 9.17) is 5.73 Å². The van der Waals surface area contributed by atoms with Crippen molar-refractivity contribution in [3.8, 4) is 0 Å². The molecule has 0 saturated heterocycles. The van der Waals surface area contributed by atoms with Crippen LogP contribution in [0.1, 0.15) is 64.7 Å². The molecule has 0 radical (unpaired) electrons. The second-order valence-corrected chi connectivity index (χ2v) is 6.83. The van der Waals surface area contributed by atoms with Gasteiger partial charge in [-0.05, 0) is 50.4 Å². The smallest absolute Gasteiger partial charge is 0.223 e. The number of rotatable bonds is 4. The summed E-state index contributed by atoms with van der Waals surface area (Å²) in [6.07, 6.45) is 10.6. The third-order valence-electron chi connectivity index (χ3n) is 5.04. The van der Waals surface area contributed by atoms with E-state index in [0.717, 1.165) is 44.1 Å². The monoisotopic (exact) mass is 266 g/mol. The van der Waals surface area contributed by atoms with Crippen LogP contribution >= 0.6 is 0 Å². The number of amides is 1. The Hall–Kier alpha value is -0.570. The molecule has 3 heteroatoms. The van der Waals surface area contributed by atoms with Gasteiger partial charge in [0, 0.05) is 18.5 Å². The van der Waals surface area contributed by atoms with E-state index < -0.39 is 0 Å². The van der Waals surface area contributed by atoms with Crippen LogP contribution < -0.4 is 11.1 Å². The maximum absolute atomic E-state index is 12.1. The van der Waals surface area contributed by atoms with Gasteiger partial charge in [-0.1, -0.05) is 26.2 Å². The van der Waals surface area contributed by atoms with Gasteiger partial charge in [0.1, 0.15) is 0 Å². The SMILES string of the molecule is CC1CCCC(CCNC(=O)C2CCC(N)CC2)C1. The summed E-state index contributed by atoms with van der Waals surface area (Å²) >= 11 is 0. The van der Waals surface area contributed by atoms with Crippen LogP contribution in [0, 0.1) is 17.8 Å². The molecular formula is C16H30N2O. The first-order chi connectivity index (χ1) is 9.15. The Balaban J connectivity index is 1.61. The molecule has 0 bridgehead atoms. The number of carbonyl (C=O) groups is 1. The second kappa shape index (κ2) is 7.28. The highest BCUT2D eigenvalue weighted by Crippen LogP contribution is 2.30. The van der Waals surface area contributed by atoms with Crippen molar-refractivity contribution in [2.45, 2.75) is 70.8 Å². The molecule has 2 unspecified atom stereocenters. The largest absolute Gasteiger partial charge is 0.356 e. The summed E-state index contributed by atoms with van der Waals surface area (Å²) in [5.74, 6) is 2.22. The van der Waals surface area contributed by atoms with E-state index in [0.29, 0.717) is 6.04 Å². The zero-order valence-electron chi connectivity index (χ0n) is 12.4. The van der Waals surface area contributed by atoms with E-state index in [1.807, 2.05) is 0 Å². The van der Waals surface area contributed by atoms with Crippen molar-refractivity contribution in [1.29, 1.82) is 0 Å². The van der Waals surface area contributed by atoms with Crippen LogP contribution in [0.25, 0.3) is 0 Å². The molecule has 3 N–H and O–H groups in total. The number of carbonyl (C=O) groups excluding carboxylic acids is 1. The van der Waals surface area contributed by atoms with Crippen LogP contribution in [0.4, 0.5) is 0 Å². The first kappa shape index (κ1) is 14.8. The summed E-state index contributed by atoms with van der Waals surface area (Å²) in [4.78, 5) is 12.1. The molecule has 0 aromatic carbocycles. The third kappa shape index (κ3) is 4.79. The van der Waals surface area contributed by atoms with E-state index in [9.17, 15) is 4.79 Å². The fraction of sp³-hybridized carbons (Fsp3) is 0.938. The lowest BCUT2D eigenvalue weighted by Gasteiger charge is -2.28. The van der Waals surface area contributed by atoms with Crippen molar-refractivity contribution < 1.29 is 4.79 Å². The molecule has 110 valence electrons. The molecule has 0 heterocycles. The first-order valence-electron chi connectivity index (χ1n) is 8.18. The standard InChI is InChI=1S/C16H30N2O/c1-12-3-2-4-13(11-12)9-10-18-16(19)14-5-7-15(17)8-6-14/h12-15H,2-11,17H2,1H3,(H,18,19). The molecule has 0 aromatic rings. The average molecular weight is 266 g/mol. The van der Waals surface area contributed by atoms with E-state index in [1.165, 1.54) is 32.1 Å². The first-order valence-corrected chi connectivity index (χ1v) is 8.18. The molecule has 2 fully saturated rings. The van der Waals surface area contributed by atoms with Gasteiger partial charge in [0.25, 0.3) is 0 Å². The van der Waals surface area contributed by atoms with Gasteiger partial charge < -0.3 is 11.1 Å². The van der Waals surface area contributed by atoms with Crippen molar-refractivity contribution in [3.05, 3.63) is 0 Å². The van der Waals surface area contributed by atoms with Crippen molar-refractivity contribution >= 4 is 5.91 Å². The molecule has 0 spiro atoms. The molecule has 1 amide bonds. The van der Waals surface area contributed by atoms with Crippen LogP contribution in [-0.4, -0.2) is 18.5 Å². The Morgan fingerprint density at radius 2 is 1.89 bits per heavy atom. The van der Waals surface area contributed by atoms with Crippen molar-refractivity contribution in [3.63, 3.8) is 0 Å². The Morgan fingerprint density at radius 3 is 2.58 bits per heavy atom. The average Bonchev–Trinajstić information content (AvgIpc) is 2.39. The minimum atomic E-state index is 0.227. The van der Waals surface area contributed by atoms with Gasteiger partial charge in [0.2, 0.25) is 5.91 Å². The molecule has 0 aliphatic heterocycles. The highest BCUT2D eigenvalue weighted by molar-refractivity contribution is 5.78. The number of nitrogens with two attached hydrogens (primary N) is 1. The van der Waals surface area contributed by atoms with E-state index in [2.05, 4.69) is 12.2 Å². The molecule has 3 nitrogen and oxygen atoms in total. The predicted octanol–water partition coefficient (Wildman–Crippen LogP) is 2.84. The van der Waals surface area contributed by atoms with Gasteiger partial charge in [0.05, 0.1) is 0 Å². The predicted molar refractivity (Wildman–Crippen MR) is 78.7 cm³/mol. The maximum Gasteiger partial charge on any atom is 0.223 e. The summed E-state index contributed by atoms with van der Waals surface area (Å²) in [7, 11) is 0. The van der Waals surface area contributed by atoms with Crippen molar-refractivity contribution in [2.24, 2.45) is 23.5 Å².